The molecule has 1 amide bonds. The summed E-state index contributed by atoms with van der Waals surface area (Å²) >= 11 is 0. The number of hydrogen-bond acceptors (Lipinski definition) is 3. The molecular weight excluding hydrogens is 204 g/mol. The second-order valence-corrected chi connectivity index (χ2v) is 4.62. The molecule has 1 saturated heterocycles. The average molecular weight is 228 g/mol. The number of carbonyl (C=O) groups is 1. The average Bonchev–Trinajstić information content (AvgIpc) is 2.37. The third kappa shape index (κ3) is 2.74. The van der Waals surface area contributed by atoms with Gasteiger partial charge in [0.1, 0.15) is 0 Å². The Labute approximate surface area is 98.1 Å². The van der Waals surface area contributed by atoms with Gasteiger partial charge in [0.15, 0.2) is 0 Å². The van der Waals surface area contributed by atoms with Gasteiger partial charge in [-0.2, -0.15) is 0 Å². The van der Waals surface area contributed by atoms with Crippen molar-refractivity contribution in [3.8, 4) is 0 Å². The van der Waals surface area contributed by atoms with E-state index in [2.05, 4.69) is 0 Å². The van der Waals surface area contributed by atoms with Gasteiger partial charge in [-0.05, 0) is 25.7 Å². The van der Waals surface area contributed by atoms with Crippen molar-refractivity contribution >= 4 is 5.91 Å². The molecule has 0 spiro atoms. The SMILES string of the molecule is CCC(N)(CC)C(=O)N(C)C1CCOCC1. The van der Waals surface area contributed by atoms with E-state index in [1.807, 2.05) is 25.8 Å². The fraction of sp³-hybridized carbons (Fsp3) is 0.917. The second-order valence-electron chi connectivity index (χ2n) is 4.62. The van der Waals surface area contributed by atoms with Crippen LogP contribution in [0.4, 0.5) is 0 Å². The summed E-state index contributed by atoms with van der Waals surface area (Å²) in [7, 11) is 1.87. The monoisotopic (exact) mass is 228 g/mol. The predicted molar refractivity (Wildman–Crippen MR) is 64.1 cm³/mol. The Bertz CT molecular complexity index is 233. The van der Waals surface area contributed by atoms with E-state index in [-0.39, 0.29) is 5.91 Å². The lowest BCUT2D eigenvalue weighted by atomic mass is 9.91. The van der Waals surface area contributed by atoms with Crippen LogP contribution in [0.3, 0.4) is 0 Å². The molecule has 16 heavy (non-hydrogen) atoms. The number of likely N-dealkylation sites (N-methyl/N-ethyl adjacent to an activating group) is 1. The molecule has 1 rings (SSSR count). The van der Waals surface area contributed by atoms with E-state index in [1.165, 1.54) is 0 Å². The Hall–Kier alpha value is -0.610. The standard InChI is InChI=1S/C12H24N2O2/c1-4-12(13,5-2)11(15)14(3)10-6-8-16-9-7-10/h10H,4-9,13H2,1-3H3. The van der Waals surface area contributed by atoms with Crippen LogP contribution in [-0.4, -0.2) is 42.6 Å². The van der Waals surface area contributed by atoms with Crippen LogP contribution in [0.15, 0.2) is 0 Å². The first kappa shape index (κ1) is 13.5. The van der Waals surface area contributed by atoms with Crippen molar-refractivity contribution in [2.75, 3.05) is 20.3 Å². The van der Waals surface area contributed by atoms with Crippen LogP contribution in [0, 0.1) is 0 Å². The van der Waals surface area contributed by atoms with Gasteiger partial charge in [0, 0.05) is 26.3 Å². The fourth-order valence-corrected chi connectivity index (χ4v) is 2.14. The molecule has 4 nitrogen and oxygen atoms in total. The minimum Gasteiger partial charge on any atom is -0.381 e. The first-order chi connectivity index (χ1) is 7.55. The van der Waals surface area contributed by atoms with Crippen LogP contribution in [0.1, 0.15) is 39.5 Å². The topological polar surface area (TPSA) is 55.6 Å². The molecule has 0 bridgehead atoms. The lowest BCUT2D eigenvalue weighted by Gasteiger charge is -2.37. The summed E-state index contributed by atoms with van der Waals surface area (Å²) in [4.78, 5) is 14.1. The van der Waals surface area contributed by atoms with E-state index >= 15 is 0 Å². The van der Waals surface area contributed by atoms with E-state index in [4.69, 9.17) is 10.5 Å². The predicted octanol–water partition coefficient (Wildman–Crippen LogP) is 1.14. The lowest BCUT2D eigenvalue weighted by Crippen LogP contribution is -2.56. The van der Waals surface area contributed by atoms with Gasteiger partial charge in [0.25, 0.3) is 0 Å². The molecule has 0 atom stereocenters. The second kappa shape index (κ2) is 5.64. The Kier molecular flexibility index (Phi) is 4.74. The van der Waals surface area contributed by atoms with E-state index in [1.54, 1.807) is 0 Å². The van der Waals surface area contributed by atoms with E-state index < -0.39 is 5.54 Å². The Balaban J connectivity index is 2.64. The van der Waals surface area contributed by atoms with Crippen LogP contribution in [-0.2, 0) is 9.53 Å². The fourth-order valence-electron chi connectivity index (χ4n) is 2.14. The molecule has 2 N–H and O–H groups in total. The summed E-state index contributed by atoms with van der Waals surface area (Å²) in [5.41, 5.74) is 5.44. The van der Waals surface area contributed by atoms with Crippen LogP contribution >= 0.6 is 0 Å². The third-order valence-electron chi connectivity index (χ3n) is 3.75. The van der Waals surface area contributed by atoms with Gasteiger partial charge >= 0.3 is 0 Å². The van der Waals surface area contributed by atoms with Gasteiger partial charge in [-0.3, -0.25) is 4.79 Å². The van der Waals surface area contributed by atoms with Crippen molar-refractivity contribution in [3.05, 3.63) is 0 Å². The van der Waals surface area contributed by atoms with Crippen molar-refractivity contribution in [1.29, 1.82) is 0 Å². The highest BCUT2D eigenvalue weighted by molar-refractivity contribution is 5.86. The lowest BCUT2D eigenvalue weighted by molar-refractivity contribution is -0.139. The van der Waals surface area contributed by atoms with E-state index in [0.717, 1.165) is 26.1 Å². The summed E-state index contributed by atoms with van der Waals surface area (Å²) in [5.74, 6) is 0.0735. The summed E-state index contributed by atoms with van der Waals surface area (Å²) in [6.45, 7) is 5.44. The first-order valence-electron chi connectivity index (χ1n) is 6.19. The zero-order valence-electron chi connectivity index (χ0n) is 10.7. The van der Waals surface area contributed by atoms with E-state index in [9.17, 15) is 4.79 Å². The van der Waals surface area contributed by atoms with Gasteiger partial charge in [-0.15, -0.1) is 0 Å². The number of nitrogens with two attached hydrogens (primary N) is 1. The van der Waals surface area contributed by atoms with E-state index in [0.29, 0.717) is 18.9 Å². The minimum absolute atomic E-state index is 0.0735. The summed E-state index contributed by atoms with van der Waals surface area (Å²) in [6, 6.07) is 0.294. The zero-order valence-corrected chi connectivity index (χ0v) is 10.7. The summed E-state index contributed by atoms with van der Waals surface area (Å²) in [6.07, 6.45) is 3.23. The van der Waals surface area contributed by atoms with Crippen molar-refractivity contribution < 1.29 is 9.53 Å². The smallest absolute Gasteiger partial charge is 0.242 e. The molecule has 0 aliphatic carbocycles. The van der Waals surface area contributed by atoms with Crippen LogP contribution < -0.4 is 5.73 Å². The number of hydrogen-bond donors (Lipinski definition) is 1. The molecule has 94 valence electrons. The van der Waals surface area contributed by atoms with Gasteiger partial charge < -0.3 is 15.4 Å². The normalized spacial score (nSPS) is 18.5. The van der Waals surface area contributed by atoms with Crippen molar-refractivity contribution in [1.82, 2.24) is 4.90 Å². The first-order valence-corrected chi connectivity index (χ1v) is 6.19. The highest BCUT2D eigenvalue weighted by Crippen LogP contribution is 2.20. The van der Waals surface area contributed by atoms with Gasteiger partial charge in [-0.1, -0.05) is 13.8 Å². The molecular formula is C12H24N2O2. The molecule has 1 heterocycles. The molecule has 0 saturated carbocycles. The van der Waals surface area contributed by atoms with Crippen LogP contribution in [0.2, 0.25) is 0 Å². The largest absolute Gasteiger partial charge is 0.381 e. The van der Waals surface area contributed by atoms with Crippen molar-refractivity contribution in [2.45, 2.75) is 51.1 Å². The highest BCUT2D eigenvalue weighted by atomic mass is 16.5. The minimum atomic E-state index is -0.687. The maximum atomic E-state index is 12.3. The Morgan fingerprint density at radius 1 is 1.38 bits per heavy atom. The number of rotatable bonds is 4. The molecule has 0 radical (unpaired) electrons. The van der Waals surface area contributed by atoms with Gasteiger partial charge in [0.2, 0.25) is 5.91 Å². The maximum Gasteiger partial charge on any atom is 0.242 e. The molecule has 0 aromatic carbocycles. The van der Waals surface area contributed by atoms with Crippen LogP contribution in [0.5, 0.6) is 0 Å². The Morgan fingerprint density at radius 3 is 2.31 bits per heavy atom. The Morgan fingerprint density at radius 2 is 1.88 bits per heavy atom. The molecule has 0 aromatic heterocycles. The number of amides is 1. The third-order valence-corrected chi connectivity index (χ3v) is 3.75. The van der Waals surface area contributed by atoms with Gasteiger partial charge in [-0.25, -0.2) is 0 Å². The van der Waals surface area contributed by atoms with Crippen LogP contribution in [0.25, 0.3) is 0 Å². The number of carbonyl (C=O) groups excluding carboxylic acids is 1. The van der Waals surface area contributed by atoms with Crippen molar-refractivity contribution in [2.24, 2.45) is 5.73 Å². The molecule has 0 unspecified atom stereocenters. The van der Waals surface area contributed by atoms with Gasteiger partial charge in [0.05, 0.1) is 5.54 Å². The quantitative estimate of drug-likeness (QED) is 0.785. The number of nitrogens with zero attached hydrogens (tertiary/aromatic N) is 1. The molecule has 1 fully saturated rings. The molecule has 0 aromatic rings. The maximum absolute atomic E-state index is 12.3. The molecule has 1 aliphatic rings. The summed E-state index contributed by atoms with van der Waals surface area (Å²) in [5, 5.41) is 0. The molecule has 4 heteroatoms. The zero-order chi connectivity index (χ0) is 12.2. The molecule has 1 aliphatic heterocycles. The highest BCUT2D eigenvalue weighted by Gasteiger charge is 2.35. The van der Waals surface area contributed by atoms with Crippen molar-refractivity contribution in [3.63, 3.8) is 0 Å². The summed E-state index contributed by atoms with van der Waals surface area (Å²) < 4.78 is 5.30. The number of ether oxygens (including phenoxy) is 1.